The zero-order chi connectivity index (χ0) is 16.9. The molecule has 1 aromatic heterocycles. The van der Waals surface area contributed by atoms with Crippen molar-refractivity contribution >= 4 is 48.0 Å². The molecule has 0 unspecified atom stereocenters. The Balaban J connectivity index is 0.00000169. The fourth-order valence-electron chi connectivity index (χ4n) is 2.57. The second-order valence-corrected chi connectivity index (χ2v) is 6.04. The summed E-state index contributed by atoms with van der Waals surface area (Å²) in [7, 11) is 6.12. The number of likely N-dealkylation sites (N-methyl/N-ethyl adjacent to an activating group) is 1. The van der Waals surface area contributed by atoms with Gasteiger partial charge in [0.2, 0.25) is 0 Å². The molecule has 0 spiro atoms. The molecule has 0 atom stereocenters. The van der Waals surface area contributed by atoms with Crippen molar-refractivity contribution in [2.45, 2.75) is 0 Å². The van der Waals surface area contributed by atoms with Gasteiger partial charge in [0.25, 0.3) is 0 Å². The summed E-state index contributed by atoms with van der Waals surface area (Å²) in [5.41, 5.74) is 3.20. The van der Waals surface area contributed by atoms with Gasteiger partial charge < -0.3 is 14.2 Å². The van der Waals surface area contributed by atoms with E-state index in [2.05, 4.69) is 32.7 Å². The number of nitrogens with zero attached hydrogens (tertiary/aromatic N) is 3. The number of para-hydroxylation sites is 3. The van der Waals surface area contributed by atoms with Crippen LogP contribution < -0.4 is 4.74 Å². The molecular formula is C20H25Cl2N3O. The predicted molar refractivity (Wildman–Crippen MR) is 115 cm³/mol. The van der Waals surface area contributed by atoms with E-state index in [0.717, 1.165) is 34.7 Å². The van der Waals surface area contributed by atoms with Gasteiger partial charge in [0, 0.05) is 19.2 Å². The molecule has 0 fully saturated rings. The summed E-state index contributed by atoms with van der Waals surface area (Å²) in [6.45, 7) is 1.56. The maximum Gasteiger partial charge on any atom is 0.133 e. The van der Waals surface area contributed by atoms with E-state index in [1.54, 1.807) is 0 Å². The van der Waals surface area contributed by atoms with Gasteiger partial charge in [-0.2, -0.15) is 0 Å². The predicted octanol–water partition coefficient (Wildman–Crippen LogP) is 4.53. The minimum absolute atomic E-state index is 0. The van der Waals surface area contributed by atoms with E-state index < -0.39 is 0 Å². The van der Waals surface area contributed by atoms with E-state index in [-0.39, 0.29) is 24.8 Å². The van der Waals surface area contributed by atoms with Crippen LogP contribution in [0, 0.1) is 0 Å². The number of benzene rings is 2. The highest BCUT2D eigenvalue weighted by atomic mass is 35.5. The molecule has 0 N–H and O–H groups in total. The number of hydrogen-bond acceptors (Lipinski definition) is 3. The lowest BCUT2D eigenvalue weighted by Crippen LogP contribution is -2.19. The van der Waals surface area contributed by atoms with Gasteiger partial charge in [-0.05, 0) is 44.4 Å². The Hall–Kier alpha value is -2.01. The zero-order valence-electron chi connectivity index (χ0n) is 15.3. The first-order valence-electron chi connectivity index (χ1n) is 8.11. The maximum absolute atomic E-state index is 5.91. The molecule has 0 aliphatic heterocycles. The molecule has 0 saturated carbocycles. The van der Waals surface area contributed by atoms with Crippen molar-refractivity contribution in [1.82, 2.24) is 14.5 Å². The van der Waals surface area contributed by atoms with Crippen molar-refractivity contribution < 1.29 is 4.74 Å². The highest BCUT2D eigenvalue weighted by Gasteiger charge is 2.05. The Kier molecular flexibility index (Phi) is 8.66. The second-order valence-electron chi connectivity index (χ2n) is 6.04. The normalized spacial score (nSPS) is 10.8. The fraction of sp³-hybridized carbons (Fsp3) is 0.250. The quantitative estimate of drug-likeness (QED) is 0.616. The average Bonchev–Trinajstić information content (AvgIpc) is 2.90. The summed E-state index contributed by atoms with van der Waals surface area (Å²) in [6.07, 6.45) is 4.10. The van der Waals surface area contributed by atoms with Crippen LogP contribution in [0.3, 0.4) is 0 Å². The average molecular weight is 394 g/mol. The first-order chi connectivity index (χ1) is 11.6. The van der Waals surface area contributed by atoms with E-state index in [1.807, 2.05) is 63.6 Å². The molecule has 3 rings (SSSR count). The minimum atomic E-state index is 0. The topological polar surface area (TPSA) is 30.3 Å². The van der Waals surface area contributed by atoms with Gasteiger partial charge in [-0.25, -0.2) is 4.98 Å². The van der Waals surface area contributed by atoms with E-state index in [1.165, 1.54) is 0 Å². The third kappa shape index (κ3) is 5.24. The highest BCUT2D eigenvalue weighted by Crippen LogP contribution is 2.21. The lowest BCUT2D eigenvalue weighted by Gasteiger charge is -2.12. The molecule has 4 nitrogen and oxygen atoms in total. The summed E-state index contributed by atoms with van der Waals surface area (Å²) >= 11 is 0. The molecule has 0 saturated heterocycles. The van der Waals surface area contributed by atoms with E-state index in [0.29, 0.717) is 6.61 Å². The van der Waals surface area contributed by atoms with Crippen LogP contribution in [0.15, 0.2) is 48.5 Å². The Morgan fingerprint density at radius 3 is 2.42 bits per heavy atom. The molecule has 0 amide bonds. The van der Waals surface area contributed by atoms with Gasteiger partial charge in [-0.1, -0.05) is 30.3 Å². The SMILES string of the molecule is CN(C)CCOc1ccccc1C=Cc1nc2ccccc2n1C.Cl.Cl. The number of imidazole rings is 1. The van der Waals surface area contributed by atoms with Crippen LogP contribution in [0.25, 0.3) is 23.2 Å². The fourth-order valence-corrected chi connectivity index (χ4v) is 2.57. The third-order valence-corrected chi connectivity index (χ3v) is 3.95. The summed E-state index contributed by atoms with van der Waals surface area (Å²) in [5, 5.41) is 0. The van der Waals surface area contributed by atoms with Crippen molar-refractivity contribution in [2.75, 3.05) is 27.2 Å². The van der Waals surface area contributed by atoms with Crippen LogP contribution in [0.2, 0.25) is 0 Å². The van der Waals surface area contributed by atoms with Gasteiger partial charge in [0.05, 0.1) is 11.0 Å². The molecule has 0 radical (unpaired) electrons. The van der Waals surface area contributed by atoms with Gasteiger partial charge in [0.1, 0.15) is 18.2 Å². The molecule has 0 aliphatic carbocycles. The summed E-state index contributed by atoms with van der Waals surface area (Å²) in [6, 6.07) is 16.2. The van der Waals surface area contributed by atoms with E-state index >= 15 is 0 Å². The standard InChI is InChI=1S/C20H23N3O.2ClH/c1-22(2)14-15-24-19-11-7-4-8-16(19)12-13-20-21-17-9-5-6-10-18(17)23(20)3;;/h4-13H,14-15H2,1-3H3;2*1H. The summed E-state index contributed by atoms with van der Waals surface area (Å²) in [5.74, 6) is 1.83. The molecule has 0 bridgehead atoms. The van der Waals surface area contributed by atoms with E-state index in [4.69, 9.17) is 4.74 Å². The van der Waals surface area contributed by atoms with Crippen molar-refractivity contribution in [2.24, 2.45) is 7.05 Å². The Labute approximate surface area is 167 Å². The van der Waals surface area contributed by atoms with Gasteiger partial charge in [-0.15, -0.1) is 24.8 Å². The number of ether oxygens (including phenoxy) is 1. The number of aromatic nitrogens is 2. The number of aryl methyl sites for hydroxylation is 1. The first kappa shape index (κ1) is 22.0. The second kappa shape index (κ2) is 10.2. The number of rotatable bonds is 6. The lowest BCUT2D eigenvalue weighted by atomic mass is 10.2. The molecule has 0 aliphatic rings. The van der Waals surface area contributed by atoms with Crippen molar-refractivity contribution in [3.05, 3.63) is 59.9 Å². The van der Waals surface area contributed by atoms with Crippen molar-refractivity contribution in [1.29, 1.82) is 0 Å². The molecule has 26 heavy (non-hydrogen) atoms. The molecule has 6 heteroatoms. The molecular weight excluding hydrogens is 369 g/mol. The van der Waals surface area contributed by atoms with Crippen LogP contribution in [0.4, 0.5) is 0 Å². The highest BCUT2D eigenvalue weighted by molar-refractivity contribution is 5.85. The van der Waals surface area contributed by atoms with Crippen LogP contribution in [-0.4, -0.2) is 41.7 Å². The van der Waals surface area contributed by atoms with Crippen LogP contribution in [0.5, 0.6) is 5.75 Å². The molecule has 140 valence electrons. The minimum Gasteiger partial charge on any atom is -0.492 e. The summed E-state index contributed by atoms with van der Waals surface area (Å²) in [4.78, 5) is 6.78. The largest absolute Gasteiger partial charge is 0.492 e. The Morgan fingerprint density at radius 2 is 1.69 bits per heavy atom. The van der Waals surface area contributed by atoms with Gasteiger partial charge in [0.15, 0.2) is 0 Å². The number of fused-ring (bicyclic) bond motifs is 1. The Bertz CT molecular complexity index is 859. The maximum atomic E-state index is 5.91. The molecule has 3 aromatic rings. The Morgan fingerprint density at radius 1 is 1.00 bits per heavy atom. The van der Waals surface area contributed by atoms with Crippen LogP contribution in [0.1, 0.15) is 11.4 Å². The van der Waals surface area contributed by atoms with Gasteiger partial charge in [-0.3, -0.25) is 0 Å². The third-order valence-electron chi connectivity index (χ3n) is 3.95. The zero-order valence-corrected chi connectivity index (χ0v) is 16.9. The van der Waals surface area contributed by atoms with Crippen LogP contribution in [-0.2, 0) is 7.05 Å². The number of hydrogen-bond donors (Lipinski definition) is 0. The van der Waals surface area contributed by atoms with Crippen LogP contribution >= 0.6 is 24.8 Å². The van der Waals surface area contributed by atoms with Crippen molar-refractivity contribution in [3.63, 3.8) is 0 Å². The van der Waals surface area contributed by atoms with Gasteiger partial charge >= 0.3 is 0 Å². The number of halogens is 2. The first-order valence-corrected chi connectivity index (χ1v) is 8.11. The monoisotopic (exact) mass is 393 g/mol. The van der Waals surface area contributed by atoms with E-state index in [9.17, 15) is 0 Å². The molecule has 2 aromatic carbocycles. The lowest BCUT2D eigenvalue weighted by molar-refractivity contribution is 0.261. The van der Waals surface area contributed by atoms with Crippen molar-refractivity contribution in [3.8, 4) is 5.75 Å². The smallest absolute Gasteiger partial charge is 0.133 e. The summed E-state index contributed by atoms with van der Waals surface area (Å²) < 4.78 is 8.00. The molecule has 1 heterocycles.